The molecule has 1 aromatic carbocycles. The number of hydrogen-bond acceptors (Lipinski definition) is 6. The van der Waals surface area contributed by atoms with Crippen molar-refractivity contribution in [3.05, 3.63) is 53.9 Å². The summed E-state index contributed by atoms with van der Waals surface area (Å²) in [4.78, 5) is 8.88. The number of amidine groups is 1. The van der Waals surface area contributed by atoms with Crippen molar-refractivity contribution in [1.82, 2.24) is 9.88 Å². The minimum atomic E-state index is -3.57. The van der Waals surface area contributed by atoms with Crippen LogP contribution < -0.4 is 4.90 Å². The lowest BCUT2D eigenvalue weighted by Gasteiger charge is -2.24. The minimum absolute atomic E-state index is 0.308. The zero-order valence-corrected chi connectivity index (χ0v) is 15.3. The van der Waals surface area contributed by atoms with E-state index in [9.17, 15) is 8.42 Å². The van der Waals surface area contributed by atoms with Crippen LogP contribution in [0, 0.1) is 23.2 Å². The highest BCUT2D eigenvalue weighted by Crippen LogP contribution is 2.36. The SMILES string of the molecule is N#Cc1ccc(N2CC3CN(C4=NS(=O)(=O)c5ccccc54)CC3C2)cn1. The molecular weight excluding hydrogens is 362 g/mol. The number of anilines is 1. The highest BCUT2D eigenvalue weighted by atomic mass is 32.2. The zero-order valence-electron chi connectivity index (χ0n) is 14.5. The summed E-state index contributed by atoms with van der Waals surface area (Å²) in [5.41, 5.74) is 2.16. The van der Waals surface area contributed by atoms with Gasteiger partial charge in [0, 0.05) is 43.6 Å². The Morgan fingerprint density at radius 1 is 1.00 bits per heavy atom. The molecule has 0 radical (unpaired) electrons. The number of likely N-dealkylation sites (tertiary alicyclic amines) is 1. The largest absolute Gasteiger partial charge is 0.370 e. The predicted octanol–water partition coefficient (Wildman–Crippen LogP) is 1.47. The number of sulfonamides is 1. The molecule has 136 valence electrons. The van der Waals surface area contributed by atoms with Gasteiger partial charge in [0.05, 0.1) is 11.9 Å². The van der Waals surface area contributed by atoms with Crippen LogP contribution in [-0.2, 0) is 10.0 Å². The molecule has 27 heavy (non-hydrogen) atoms. The van der Waals surface area contributed by atoms with Crippen molar-refractivity contribution in [1.29, 1.82) is 5.26 Å². The third-order valence-corrected chi connectivity index (χ3v) is 6.95. The number of benzene rings is 1. The van der Waals surface area contributed by atoms with Gasteiger partial charge in [0.1, 0.15) is 16.7 Å². The molecular formula is C19H17N5O2S. The van der Waals surface area contributed by atoms with Gasteiger partial charge in [0.15, 0.2) is 5.84 Å². The summed E-state index contributed by atoms with van der Waals surface area (Å²) in [5, 5.41) is 8.88. The molecule has 0 N–H and O–H groups in total. The van der Waals surface area contributed by atoms with Gasteiger partial charge in [0.25, 0.3) is 10.0 Å². The molecule has 0 aliphatic carbocycles. The fourth-order valence-electron chi connectivity index (χ4n) is 4.33. The molecule has 2 unspecified atom stereocenters. The highest BCUT2D eigenvalue weighted by molar-refractivity contribution is 7.90. The first-order valence-electron chi connectivity index (χ1n) is 8.85. The Morgan fingerprint density at radius 2 is 1.70 bits per heavy atom. The maximum Gasteiger partial charge on any atom is 0.285 e. The van der Waals surface area contributed by atoms with E-state index in [1.807, 2.05) is 24.3 Å². The highest BCUT2D eigenvalue weighted by Gasteiger charge is 2.43. The Morgan fingerprint density at radius 3 is 2.37 bits per heavy atom. The quantitative estimate of drug-likeness (QED) is 0.745. The Bertz CT molecular complexity index is 1070. The number of nitrogens with zero attached hydrogens (tertiary/aromatic N) is 5. The normalized spacial score (nSPS) is 25.1. The summed E-state index contributed by atoms with van der Waals surface area (Å²) in [6.45, 7) is 3.40. The lowest BCUT2D eigenvalue weighted by molar-refractivity contribution is 0.478. The maximum absolute atomic E-state index is 12.3. The van der Waals surface area contributed by atoms with Gasteiger partial charge in [0.2, 0.25) is 0 Å². The first-order valence-corrected chi connectivity index (χ1v) is 10.3. The van der Waals surface area contributed by atoms with Gasteiger partial charge < -0.3 is 9.80 Å². The molecule has 2 atom stereocenters. The van der Waals surface area contributed by atoms with Crippen LogP contribution in [0.4, 0.5) is 5.69 Å². The van der Waals surface area contributed by atoms with E-state index in [-0.39, 0.29) is 0 Å². The third-order valence-electron chi connectivity index (χ3n) is 5.63. The standard InChI is InChI=1S/C19H17N5O2S/c20-7-15-5-6-16(8-21-15)23-9-13-11-24(12-14(13)10-23)19-17-3-1-2-4-18(17)27(25,26)22-19/h1-6,8,13-14H,9-12H2. The number of aromatic nitrogens is 1. The number of fused-ring (bicyclic) bond motifs is 2. The van der Waals surface area contributed by atoms with Crippen molar-refractivity contribution in [3.63, 3.8) is 0 Å². The van der Waals surface area contributed by atoms with Gasteiger partial charge in [-0.3, -0.25) is 0 Å². The summed E-state index contributed by atoms with van der Waals surface area (Å²) in [5.74, 6) is 1.50. The van der Waals surface area contributed by atoms with Crippen molar-refractivity contribution < 1.29 is 8.42 Å². The molecule has 2 aromatic rings. The van der Waals surface area contributed by atoms with Crippen LogP contribution in [0.2, 0.25) is 0 Å². The van der Waals surface area contributed by atoms with Crippen LogP contribution in [0.25, 0.3) is 0 Å². The first-order chi connectivity index (χ1) is 13.0. The van der Waals surface area contributed by atoms with Crippen LogP contribution in [0.1, 0.15) is 11.3 Å². The Balaban J connectivity index is 1.34. The molecule has 2 fully saturated rings. The summed E-state index contributed by atoms with van der Waals surface area (Å²) in [6, 6.07) is 12.8. The Labute approximate surface area is 157 Å². The van der Waals surface area contributed by atoms with E-state index in [2.05, 4.69) is 19.2 Å². The summed E-state index contributed by atoms with van der Waals surface area (Å²) < 4.78 is 28.7. The third kappa shape index (κ3) is 2.58. The fourth-order valence-corrected chi connectivity index (χ4v) is 5.56. The average Bonchev–Trinajstić information content (AvgIpc) is 3.32. The number of pyridine rings is 1. The van der Waals surface area contributed by atoms with Crippen molar-refractivity contribution in [2.75, 3.05) is 31.1 Å². The molecule has 1 aromatic heterocycles. The van der Waals surface area contributed by atoms with Gasteiger partial charge in [-0.1, -0.05) is 12.1 Å². The van der Waals surface area contributed by atoms with Gasteiger partial charge in [-0.15, -0.1) is 4.40 Å². The molecule has 3 aliphatic heterocycles. The van der Waals surface area contributed by atoms with Crippen LogP contribution >= 0.6 is 0 Å². The van der Waals surface area contributed by atoms with Gasteiger partial charge in [-0.25, -0.2) is 4.98 Å². The first kappa shape index (κ1) is 16.3. The minimum Gasteiger partial charge on any atom is -0.370 e. The second kappa shape index (κ2) is 5.79. The van der Waals surface area contributed by atoms with Crippen LogP contribution in [0.5, 0.6) is 0 Å². The predicted molar refractivity (Wildman–Crippen MR) is 99.9 cm³/mol. The Hall–Kier alpha value is -2.92. The lowest BCUT2D eigenvalue weighted by atomic mass is 10.0. The molecule has 4 heterocycles. The van der Waals surface area contributed by atoms with Crippen molar-refractivity contribution in [2.24, 2.45) is 16.2 Å². The number of nitriles is 1. The van der Waals surface area contributed by atoms with E-state index in [4.69, 9.17) is 5.26 Å². The topological polar surface area (TPSA) is 89.7 Å². The molecule has 2 saturated heterocycles. The molecule has 0 amide bonds. The fraction of sp³-hybridized carbons (Fsp3) is 0.316. The van der Waals surface area contributed by atoms with Crippen LogP contribution in [0.3, 0.4) is 0 Å². The van der Waals surface area contributed by atoms with Crippen molar-refractivity contribution >= 4 is 21.5 Å². The molecule has 0 saturated carbocycles. The smallest absolute Gasteiger partial charge is 0.285 e. The molecule has 8 heteroatoms. The van der Waals surface area contributed by atoms with E-state index >= 15 is 0 Å². The molecule has 0 spiro atoms. The van der Waals surface area contributed by atoms with E-state index in [0.717, 1.165) is 31.9 Å². The van der Waals surface area contributed by atoms with E-state index in [0.29, 0.717) is 33.8 Å². The second-order valence-electron chi connectivity index (χ2n) is 7.23. The molecule has 5 rings (SSSR count). The molecule has 7 nitrogen and oxygen atoms in total. The van der Waals surface area contributed by atoms with Crippen LogP contribution in [-0.4, -0.2) is 50.3 Å². The van der Waals surface area contributed by atoms with Gasteiger partial charge in [-0.05, 0) is 24.3 Å². The van der Waals surface area contributed by atoms with E-state index in [1.165, 1.54) is 0 Å². The zero-order chi connectivity index (χ0) is 18.6. The van der Waals surface area contributed by atoms with E-state index < -0.39 is 10.0 Å². The maximum atomic E-state index is 12.3. The van der Waals surface area contributed by atoms with Crippen molar-refractivity contribution in [2.45, 2.75) is 4.90 Å². The Kier molecular flexibility index (Phi) is 3.49. The van der Waals surface area contributed by atoms with Crippen molar-refractivity contribution in [3.8, 4) is 6.07 Å². The summed E-state index contributed by atoms with van der Waals surface area (Å²) in [7, 11) is -3.57. The van der Waals surface area contributed by atoms with Gasteiger partial charge in [-0.2, -0.15) is 13.7 Å². The van der Waals surface area contributed by atoms with Gasteiger partial charge >= 0.3 is 0 Å². The molecule has 0 bridgehead atoms. The monoisotopic (exact) mass is 379 g/mol. The lowest BCUT2D eigenvalue weighted by Crippen LogP contribution is -2.33. The number of rotatable bonds is 1. The summed E-state index contributed by atoms with van der Waals surface area (Å²) >= 11 is 0. The number of hydrogen-bond donors (Lipinski definition) is 0. The average molecular weight is 379 g/mol. The molecule has 3 aliphatic rings. The summed E-state index contributed by atoms with van der Waals surface area (Å²) in [6.07, 6.45) is 1.75. The second-order valence-corrected chi connectivity index (χ2v) is 8.80. The van der Waals surface area contributed by atoms with E-state index in [1.54, 1.807) is 24.4 Å². The van der Waals surface area contributed by atoms with Crippen LogP contribution in [0.15, 0.2) is 51.9 Å².